The number of hydrogen-bond acceptors (Lipinski definition) is 5. The Bertz CT molecular complexity index is 969. The molecule has 1 aliphatic carbocycles. The first-order valence-electron chi connectivity index (χ1n) is 9.19. The number of nitrogens with zero attached hydrogens (tertiary/aromatic N) is 4. The van der Waals surface area contributed by atoms with Gasteiger partial charge < -0.3 is 4.90 Å². The first-order valence-corrected chi connectivity index (χ1v) is 10.0. The van der Waals surface area contributed by atoms with Gasteiger partial charge in [0, 0.05) is 24.4 Å². The summed E-state index contributed by atoms with van der Waals surface area (Å²) in [6, 6.07) is 12.9. The van der Waals surface area contributed by atoms with Crippen LogP contribution in [-0.2, 0) is 18.3 Å². The maximum Gasteiger partial charge on any atom is 0.141 e. The molecule has 0 amide bonds. The Labute approximate surface area is 158 Å². The third-order valence-corrected chi connectivity index (χ3v) is 6.66. The van der Waals surface area contributed by atoms with Gasteiger partial charge in [-0.2, -0.15) is 5.26 Å². The second-order valence-corrected chi connectivity index (χ2v) is 7.87. The van der Waals surface area contributed by atoms with E-state index in [2.05, 4.69) is 46.9 Å². The molecule has 0 N–H and O–H groups in total. The highest BCUT2D eigenvalue weighted by Gasteiger charge is 2.38. The minimum Gasteiger partial charge on any atom is -0.357 e. The maximum atomic E-state index is 10.0. The maximum absolute atomic E-state index is 10.0. The number of aryl methyl sites for hydroxylation is 1. The number of thiophene rings is 1. The molecule has 132 valence electrons. The molecular formula is C21H22N4S. The molecule has 5 heteroatoms. The van der Waals surface area contributed by atoms with E-state index in [1.165, 1.54) is 15.8 Å². The van der Waals surface area contributed by atoms with E-state index < -0.39 is 5.41 Å². The fourth-order valence-electron chi connectivity index (χ4n) is 4.05. The van der Waals surface area contributed by atoms with Gasteiger partial charge in [0.1, 0.15) is 17.0 Å². The first kappa shape index (κ1) is 17.0. The van der Waals surface area contributed by atoms with E-state index in [1.807, 2.05) is 18.2 Å². The van der Waals surface area contributed by atoms with Crippen LogP contribution in [0.25, 0.3) is 10.2 Å². The molecule has 0 radical (unpaired) electrons. The highest BCUT2D eigenvalue weighted by molar-refractivity contribution is 7.19. The first-order chi connectivity index (χ1) is 12.7. The van der Waals surface area contributed by atoms with E-state index in [9.17, 15) is 5.26 Å². The molecule has 26 heavy (non-hydrogen) atoms. The highest BCUT2D eigenvalue weighted by Crippen LogP contribution is 2.45. The van der Waals surface area contributed by atoms with Crippen molar-refractivity contribution in [2.75, 3.05) is 18.0 Å². The third-order valence-electron chi connectivity index (χ3n) is 5.52. The number of aromatic nitrogens is 2. The summed E-state index contributed by atoms with van der Waals surface area (Å²) in [6.45, 7) is 6.18. The van der Waals surface area contributed by atoms with Gasteiger partial charge in [0.15, 0.2) is 0 Å². The van der Waals surface area contributed by atoms with Crippen molar-refractivity contribution in [2.45, 2.75) is 38.5 Å². The van der Waals surface area contributed by atoms with Crippen LogP contribution in [0.5, 0.6) is 0 Å². The van der Waals surface area contributed by atoms with Crippen LogP contribution in [0.1, 0.15) is 36.3 Å². The summed E-state index contributed by atoms with van der Waals surface area (Å²) >= 11 is 1.74. The van der Waals surface area contributed by atoms with Crippen molar-refractivity contribution >= 4 is 27.4 Å². The molecule has 0 saturated heterocycles. The van der Waals surface area contributed by atoms with Crippen LogP contribution in [0.15, 0.2) is 36.7 Å². The summed E-state index contributed by atoms with van der Waals surface area (Å²) in [6.07, 6.45) is 4.19. The van der Waals surface area contributed by atoms with E-state index in [-0.39, 0.29) is 0 Å². The largest absolute Gasteiger partial charge is 0.357 e. The summed E-state index contributed by atoms with van der Waals surface area (Å²) in [4.78, 5) is 13.8. The number of benzene rings is 1. The van der Waals surface area contributed by atoms with E-state index in [4.69, 9.17) is 0 Å². The summed E-state index contributed by atoms with van der Waals surface area (Å²) in [5.41, 5.74) is 2.05. The Balaban J connectivity index is 1.84. The minimum absolute atomic E-state index is 0.433. The summed E-state index contributed by atoms with van der Waals surface area (Å²) < 4.78 is 0. The molecule has 1 unspecified atom stereocenters. The van der Waals surface area contributed by atoms with Crippen molar-refractivity contribution in [3.63, 3.8) is 0 Å². The van der Waals surface area contributed by atoms with Gasteiger partial charge in [-0.25, -0.2) is 9.97 Å². The fraction of sp³-hybridized carbons (Fsp3) is 0.381. The van der Waals surface area contributed by atoms with Crippen molar-refractivity contribution in [3.05, 3.63) is 52.7 Å². The van der Waals surface area contributed by atoms with E-state index in [1.54, 1.807) is 17.7 Å². The Hall–Kier alpha value is -2.45. The van der Waals surface area contributed by atoms with Gasteiger partial charge in [-0.15, -0.1) is 11.3 Å². The number of rotatable bonds is 4. The van der Waals surface area contributed by atoms with Crippen molar-refractivity contribution in [3.8, 4) is 6.07 Å². The van der Waals surface area contributed by atoms with Crippen molar-refractivity contribution < 1.29 is 0 Å². The molecule has 0 aliphatic heterocycles. The number of fused-ring (bicyclic) bond motifs is 3. The molecule has 0 fully saturated rings. The zero-order chi connectivity index (χ0) is 18.1. The number of nitriles is 1. The summed E-state index contributed by atoms with van der Waals surface area (Å²) in [5.74, 6) is 1.04. The van der Waals surface area contributed by atoms with Gasteiger partial charge >= 0.3 is 0 Å². The summed E-state index contributed by atoms with van der Waals surface area (Å²) in [5, 5.41) is 11.2. The average Bonchev–Trinajstić information content (AvgIpc) is 3.07. The lowest BCUT2D eigenvalue weighted by Gasteiger charge is -2.31. The van der Waals surface area contributed by atoms with E-state index in [0.717, 1.165) is 48.6 Å². The van der Waals surface area contributed by atoms with E-state index in [0.29, 0.717) is 0 Å². The average molecular weight is 363 g/mol. The monoisotopic (exact) mass is 362 g/mol. The lowest BCUT2D eigenvalue weighted by Crippen LogP contribution is -2.31. The third kappa shape index (κ3) is 2.57. The van der Waals surface area contributed by atoms with Gasteiger partial charge in [-0.3, -0.25) is 0 Å². The predicted molar refractivity (Wildman–Crippen MR) is 107 cm³/mol. The molecule has 4 rings (SSSR count). The second-order valence-electron chi connectivity index (χ2n) is 6.79. The molecule has 0 saturated carbocycles. The standard InChI is InChI=1S/C21H22N4S/c1-3-25(4-2)19-18-16-10-11-21(13-22,15-8-6-5-7-9-15)12-17(16)26-20(18)24-14-23-19/h5-9,14H,3-4,10-12H2,1-2H3. The van der Waals surface area contributed by atoms with Crippen molar-refractivity contribution in [1.82, 2.24) is 9.97 Å². The topological polar surface area (TPSA) is 52.8 Å². The molecule has 2 heterocycles. The molecule has 0 spiro atoms. The van der Waals surface area contributed by atoms with Crippen LogP contribution in [0, 0.1) is 11.3 Å². The quantitative estimate of drug-likeness (QED) is 0.686. The van der Waals surface area contributed by atoms with Gasteiger partial charge in [-0.05, 0) is 37.8 Å². The highest BCUT2D eigenvalue weighted by atomic mass is 32.1. The number of anilines is 1. The van der Waals surface area contributed by atoms with Gasteiger partial charge in [0.2, 0.25) is 0 Å². The molecule has 3 aromatic rings. The van der Waals surface area contributed by atoms with Gasteiger partial charge in [0.25, 0.3) is 0 Å². The predicted octanol–water partition coefficient (Wildman–Crippen LogP) is 4.49. The molecule has 1 aliphatic rings. The molecular weight excluding hydrogens is 340 g/mol. The second kappa shape index (κ2) is 6.69. The number of hydrogen-bond donors (Lipinski definition) is 0. The molecule has 2 aromatic heterocycles. The summed E-state index contributed by atoms with van der Waals surface area (Å²) in [7, 11) is 0. The Kier molecular flexibility index (Phi) is 4.37. The van der Waals surface area contributed by atoms with Gasteiger partial charge in [-0.1, -0.05) is 30.3 Å². The normalized spacial score (nSPS) is 19.1. The van der Waals surface area contributed by atoms with E-state index >= 15 is 0 Å². The lowest BCUT2D eigenvalue weighted by atomic mass is 9.70. The Morgan fingerprint density at radius 3 is 2.65 bits per heavy atom. The lowest BCUT2D eigenvalue weighted by molar-refractivity contribution is 0.480. The molecule has 1 aromatic carbocycles. The smallest absolute Gasteiger partial charge is 0.141 e. The molecule has 0 bridgehead atoms. The van der Waals surface area contributed by atoms with Crippen LogP contribution < -0.4 is 4.90 Å². The van der Waals surface area contributed by atoms with Crippen LogP contribution in [-0.4, -0.2) is 23.1 Å². The van der Waals surface area contributed by atoms with Crippen LogP contribution >= 0.6 is 11.3 Å². The Morgan fingerprint density at radius 2 is 1.96 bits per heavy atom. The van der Waals surface area contributed by atoms with Crippen molar-refractivity contribution in [1.29, 1.82) is 5.26 Å². The van der Waals surface area contributed by atoms with Crippen LogP contribution in [0.4, 0.5) is 5.82 Å². The SMILES string of the molecule is CCN(CC)c1ncnc2sc3c(c12)CCC(C#N)(c1ccccc1)C3. The zero-order valence-corrected chi connectivity index (χ0v) is 16.0. The van der Waals surface area contributed by atoms with Gasteiger partial charge in [0.05, 0.1) is 16.9 Å². The van der Waals surface area contributed by atoms with Crippen LogP contribution in [0.3, 0.4) is 0 Å². The minimum atomic E-state index is -0.433. The zero-order valence-electron chi connectivity index (χ0n) is 15.2. The molecule has 1 atom stereocenters. The van der Waals surface area contributed by atoms with Crippen molar-refractivity contribution in [2.24, 2.45) is 0 Å². The fourth-order valence-corrected chi connectivity index (χ4v) is 5.35. The Morgan fingerprint density at radius 1 is 1.19 bits per heavy atom. The van der Waals surface area contributed by atoms with Crippen LogP contribution in [0.2, 0.25) is 0 Å². The molecule has 4 nitrogen and oxygen atoms in total.